The Morgan fingerprint density at radius 3 is 2.00 bits per heavy atom. The highest BCUT2D eigenvalue weighted by molar-refractivity contribution is 5.76. The molecule has 2 nitrogen and oxygen atoms in total. The molecule has 144 valence electrons. The lowest BCUT2D eigenvalue weighted by Crippen LogP contribution is -2.58. The molecular formula is C23H40O2. The van der Waals surface area contributed by atoms with Gasteiger partial charge in [0.15, 0.2) is 0 Å². The van der Waals surface area contributed by atoms with Gasteiger partial charge in [0, 0.05) is 5.41 Å². The summed E-state index contributed by atoms with van der Waals surface area (Å²) < 4.78 is 6.52. The van der Waals surface area contributed by atoms with Crippen molar-refractivity contribution in [3.8, 4) is 0 Å². The molecule has 0 amide bonds. The third kappa shape index (κ3) is 3.52. The molecule has 1 atom stereocenters. The maximum Gasteiger partial charge on any atom is 0.312 e. The highest BCUT2D eigenvalue weighted by Crippen LogP contribution is 2.62. The summed E-state index contributed by atoms with van der Waals surface area (Å²) in [6.45, 7) is 8.51. The fourth-order valence-corrected chi connectivity index (χ4v) is 6.13. The second-order valence-corrected chi connectivity index (χ2v) is 10.4. The number of hydrogen-bond donors (Lipinski definition) is 0. The van der Waals surface area contributed by atoms with Gasteiger partial charge in [-0.2, -0.15) is 0 Å². The van der Waals surface area contributed by atoms with Crippen molar-refractivity contribution in [3.63, 3.8) is 0 Å². The van der Waals surface area contributed by atoms with E-state index in [1.54, 1.807) is 0 Å². The van der Waals surface area contributed by atoms with E-state index in [0.717, 1.165) is 12.8 Å². The first-order valence-electron chi connectivity index (χ1n) is 11.0. The van der Waals surface area contributed by atoms with E-state index in [9.17, 15) is 4.79 Å². The summed E-state index contributed by atoms with van der Waals surface area (Å²) in [5.74, 6) is 0.0373. The third-order valence-electron chi connectivity index (χ3n) is 8.45. The predicted molar refractivity (Wildman–Crippen MR) is 103 cm³/mol. The zero-order valence-corrected chi connectivity index (χ0v) is 17.2. The summed E-state index contributed by atoms with van der Waals surface area (Å²) in [5, 5.41) is 0. The Kier molecular flexibility index (Phi) is 5.30. The van der Waals surface area contributed by atoms with Crippen molar-refractivity contribution in [3.05, 3.63) is 0 Å². The number of carbonyl (C=O) groups is 1. The fourth-order valence-electron chi connectivity index (χ4n) is 6.13. The number of rotatable bonds is 3. The Hall–Kier alpha value is -0.530. The van der Waals surface area contributed by atoms with E-state index in [-0.39, 0.29) is 22.4 Å². The van der Waals surface area contributed by atoms with Gasteiger partial charge in [-0.1, -0.05) is 45.4 Å². The summed E-state index contributed by atoms with van der Waals surface area (Å²) in [5.41, 5.74) is 0.0718. The first-order valence-corrected chi connectivity index (χ1v) is 11.0. The molecule has 0 aliphatic heterocycles. The van der Waals surface area contributed by atoms with Crippen LogP contribution in [0.25, 0.3) is 0 Å². The minimum Gasteiger partial charge on any atom is -0.458 e. The fraction of sp³-hybridized carbons (Fsp3) is 0.957. The molecule has 0 aromatic heterocycles. The van der Waals surface area contributed by atoms with E-state index < -0.39 is 0 Å². The average molecular weight is 349 g/mol. The van der Waals surface area contributed by atoms with Gasteiger partial charge in [-0.15, -0.1) is 0 Å². The molecule has 0 saturated heterocycles. The standard InChI is InChI=1S/C23H40O2/c1-5-20(2,3)19(24)25-21(4)18-22(12-8-6-9-13-22)16-17-23(21)14-10-7-11-15-23/h5-18H2,1-4H3. The molecule has 0 aromatic carbocycles. The third-order valence-corrected chi connectivity index (χ3v) is 8.45. The van der Waals surface area contributed by atoms with Gasteiger partial charge in [-0.05, 0) is 77.6 Å². The smallest absolute Gasteiger partial charge is 0.312 e. The van der Waals surface area contributed by atoms with Crippen LogP contribution in [0.1, 0.15) is 118 Å². The molecule has 25 heavy (non-hydrogen) atoms. The maximum atomic E-state index is 13.0. The first-order chi connectivity index (χ1) is 11.8. The number of ether oxygens (including phenoxy) is 1. The summed E-state index contributed by atoms with van der Waals surface area (Å²) >= 11 is 0. The van der Waals surface area contributed by atoms with Gasteiger partial charge >= 0.3 is 5.97 Å². The number of esters is 1. The Balaban J connectivity index is 1.88. The lowest BCUT2D eigenvalue weighted by molar-refractivity contribution is -0.211. The topological polar surface area (TPSA) is 26.3 Å². The number of carbonyl (C=O) groups excluding carboxylic acids is 1. The van der Waals surface area contributed by atoms with E-state index in [0.29, 0.717) is 5.41 Å². The largest absolute Gasteiger partial charge is 0.458 e. The van der Waals surface area contributed by atoms with Crippen LogP contribution in [-0.4, -0.2) is 11.6 Å². The van der Waals surface area contributed by atoms with Crippen molar-refractivity contribution in [2.24, 2.45) is 16.2 Å². The molecule has 2 spiro atoms. The molecular weight excluding hydrogens is 308 g/mol. The van der Waals surface area contributed by atoms with Crippen LogP contribution in [0.15, 0.2) is 0 Å². The van der Waals surface area contributed by atoms with E-state index in [1.165, 1.54) is 77.0 Å². The van der Waals surface area contributed by atoms with E-state index in [2.05, 4.69) is 13.8 Å². The van der Waals surface area contributed by atoms with E-state index in [1.807, 2.05) is 13.8 Å². The van der Waals surface area contributed by atoms with Crippen molar-refractivity contribution >= 4 is 5.97 Å². The van der Waals surface area contributed by atoms with Crippen LogP contribution < -0.4 is 0 Å². The van der Waals surface area contributed by atoms with Crippen molar-refractivity contribution < 1.29 is 9.53 Å². The van der Waals surface area contributed by atoms with Crippen LogP contribution in [0.5, 0.6) is 0 Å². The average Bonchev–Trinajstić information content (AvgIpc) is 2.60. The monoisotopic (exact) mass is 348 g/mol. The van der Waals surface area contributed by atoms with Crippen LogP contribution in [0.3, 0.4) is 0 Å². The molecule has 0 bridgehead atoms. The minimum atomic E-state index is -0.365. The molecule has 3 fully saturated rings. The summed E-state index contributed by atoms with van der Waals surface area (Å²) in [6.07, 6.45) is 18.0. The molecule has 2 heteroatoms. The molecule has 0 N–H and O–H groups in total. The molecule has 0 radical (unpaired) electrons. The van der Waals surface area contributed by atoms with Crippen molar-refractivity contribution in [2.75, 3.05) is 0 Å². The van der Waals surface area contributed by atoms with Gasteiger partial charge in [0.25, 0.3) is 0 Å². The molecule has 3 rings (SSSR count). The quantitative estimate of drug-likeness (QED) is 0.524. The lowest BCUT2D eigenvalue weighted by Gasteiger charge is -2.59. The Bertz CT molecular complexity index is 480. The zero-order valence-electron chi connectivity index (χ0n) is 17.2. The summed E-state index contributed by atoms with van der Waals surface area (Å²) in [7, 11) is 0. The lowest BCUT2D eigenvalue weighted by atomic mass is 9.49. The molecule has 3 aliphatic rings. The highest BCUT2D eigenvalue weighted by Gasteiger charge is 2.58. The van der Waals surface area contributed by atoms with Gasteiger partial charge in [-0.25, -0.2) is 0 Å². The predicted octanol–water partition coefficient (Wildman–Crippen LogP) is 6.81. The van der Waals surface area contributed by atoms with Crippen LogP contribution in [0.4, 0.5) is 0 Å². The highest BCUT2D eigenvalue weighted by atomic mass is 16.6. The van der Waals surface area contributed by atoms with Gasteiger partial charge in [0.2, 0.25) is 0 Å². The Morgan fingerprint density at radius 2 is 1.44 bits per heavy atom. The van der Waals surface area contributed by atoms with E-state index >= 15 is 0 Å². The van der Waals surface area contributed by atoms with Gasteiger partial charge in [-0.3, -0.25) is 4.79 Å². The Labute approximate surface area is 155 Å². The second-order valence-electron chi connectivity index (χ2n) is 10.4. The van der Waals surface area contributed by atoms with Gasteiger partial charge < -0.3 is 4.74 Å². The SMILES string of the molecule is CCC(C)(C)C(=O)OC1(C)CC2(CCCCC2)CCC12CCCCC2. The molecule has 3 aliphatic carbocycles. The van der Waals surface area contributed by atoms with Crippen LogP contribution in [0, 0.1) is 16.2 Å². The van der Waals surface area contributed by atoms with Gasteiger partial charge in [0.1, 0.15) is 5.60 Å². The van der Waals surface area contributed by atoms with Crippen LogP contribution in [-0.2, 0) is 9.53 Å². The van der Waals surface area contributed by atoms with Crippen molar-refractivity contribution in [1.82, 2.24) is 0 Å². The Morgan fingerprint density at radius 1 is 0.880 bits per heavy atom. The van der Waals surface area contributed by atoms with Crippen molar-refractivity contribution in [1.29, 1.82) is 0 Å². The number of hydrogen-bond acceptors (Lipinski definition) is 2. The first kappa shape index (κ1) is 19.2. The maximum absolute atomic E-state index is 13.0. The van der Waals surface area contributed by atoms with E-state index in [4.69, 9.17) is 4.74 Å². The summed E-state index contributed by atoms with van der Waals surface area (Å²) in [6, 6.07) is 0. The molecule has 0 heterocycles. The molecule has 3 saturated carbocycles. The van der Waals surface area contributed by atoms with Gasteiger partial charge in [0.05, 0.1) is 5.41 Å². The molecule has 1 unspecified atom stereocenters. The minimum absolute atomic E-state index is 0.0373. The zero-order chi connectivity index (χ0) is 18.2. The molecule has 0 aromatic rings. The second kappa shape index (κ2) is 6.89. The summed E-state index contributed by atoms with van der Waals surface area (Å²) in [4.78, 5) is 13.0. The van der Waals surface area contributed by atoms with Crippen LogP contribution in [0.2, 0.25) is 0 Å². The van der Waals surface area contributed by atoms with Crippen LogP contribution >= 0.6 is 0 Å². The van der Waals surface area contributed by atoms with Crippen molar-refractivity contribution in [2.45, 2.75) is 123 Å². The normalized spacial score (nSPS) is 31.8.